The van der Waals surface area contributed by atoms with Crippen LogP contribution in [0.3, 0.4) is 0 Å². The Labute approximate surface area is 253 Å². The minimum atomic E-state index is -5.46. The zero-order valence-electron chi connectivity index (χ0n) is 26.0. The van der Waals surface area contributed by atoms with Crippen LogP contribution in [0.4, 0.5) is 26.3 Å². The van der Waals surface area contributed by atoms with Crippen LogP contribution in [0.25, 0.3) is 0 Å². The Balaban J connectivity index is 1.21. The lowest BCUT2D eigenvalue weighted by Crippen LogP contribution is -2.54. The SMILES string of the molecule is CN(CCCCCCCC(F)(F)C(F)(F)F)CCCCC[C@@H]1Cc2cc(O)ccc2[C@@H]2[C@@H]1[C@@H]1CC[C@@](C)(O)[C@@]1(C)C[C@@H]2F. The van der Waals surface area contributed by atoms with Crippen molar-refractivity contribution >= 4 is 0 Å². The highest BCUT2D eigenvalue weighted by Crippen LogP contribution is 2.66. The number of aliphatic hydroxyl groups is 1. The number of benzene rings is 1. The summed E-state index contributed by atoms with van der Waals surface area (Å²) in [5, 5.41) is 21.4. The number of hydrogen-bond donors (Lipinski definition) is 2. The Morgan fingerprint density at radius 3 is 2.23 bits per heavy atom. The first-order valence-electron chi connectivity index (χ1n) is 16.4. The van der Waals surface area contributed by atoms with Crippen molar-refractivity contribution in [3.05, 3.63) is 29.3 Å². The van der Waals surface area contributed by atoms with Crippen molar-refractivity contribution in [2.45, 2.75) is 134 Å². The summed E-state index contributed by atoms with van der Waals surface area (Å²) in [4.78, 5) is 2.24. The van der Waals surface area contributed by atoms with Crippen LogP contribution in [0.1, 0.15) is 114 Å². The van der Waals surface area contributed by atoms with Crippen LogP contribution in [0.5, 0.6) is 5.75 Å². The minimum absolute atomic E-state index is 0.122. The van der Waals surface area contributed by atoms with Gasteiger partial charge < -0.3 is 15.1 Å². The third kappa shape index (κ3) is 7.50. The number of fused-ring (bicyclic) bond motifs is 5. The summed E-state index contributed by atoms with van der Waals surface area (Å²) in [6.07, 6.45) is 1.95. The van der Waals surface area contributed by atoms with Crippen LogP contribution in [-0.4, -0.2) is 59.1 Å². The van der Waals surface area contributed by atoms with Gasteiger partial charge in [0.1, 0.15) is 11.9 Å². The molecule has 2 N–H and O–H groups in total. The minimum Gasteiger partial charge on any atom is -0.508 e. The molecule has 2 fully saturated rings. The second-order valence-electron chi connectivity index (χ2n) is 14.4. The molecule has 0 amide bonds. The molecule has 3 aliphatic rings. The maximum atomic E-state index is 16.1. The topological polar surface area (TPSA) is 43.7 Å². The molecule has 246 valence electrons. The molecular formula is C34H51F6NO2. The van der Waals surface area contributed by atoms with Crippen molar-refractivity contribution in [2.75, 3.05) is 20.1 Å². The first-order chi connectivity index (χ1) is 20.1. The van der Waals surface area contributed by atoms with Crippen molar-refractivity contribution in [1.29, 1.82) is 0 Å². The first kappa shape index (κ1) is 34.4. The van der Waals surface area contributed by atoms with Gasteiger partial charge in [-0.1, -0.05) is 45.1 Å². The van der Waals surface area contributed by atoms with E-state index < -0.39 is 35.7 Å². The standard InChI is InChI=1S/C34H51F6NO2/c1-31-22-28(35)30-26-14-13-25(42)21-24(26)20-23(29(30)27(31)15-17-32(31,2)43)12-8-7-11-19-41(3)18-10-6-4-5-9-16-33(36,37)34(38,39)40/h13-14,21,23,27-30,42-43H,4-12,15-20,22H2,1-3H3/t23-,27+,28+,29+,30+,31+,32-/m1/s1. The van der Waals surface area contributed by atoms with Crippen molar-refractivity contribution < 1.29 is 36.6 Å². The van der Waals surface area contributed by atoms with E-state index in [0.29, 0.717) is 31.6 Å². The molecule has 3 nitrogen and oxygen atoms in total. The summed E-state index contributed by atoms with van der Waals surface area (Å²) in [6, 6.07) is 5.41. The third-order valence-corrected chi connectivity index (χ3v) is 11.5. The lowest BCUT2D eigenvalue weighted by Gasteiger charge is -2.56. The Bertz CT molecular complexity index is 1060. The predicted octanol–water partition coefficient (Wildman–Crippen LogP) is 9.20. The number of nitrogens with zero attached hydrogens (tertiary/aromatic N) is 1. The van der Waals surface area contributed by atoms with E-state index in [1.807, 2.05) is 19.1 Å². The van der Waals surface area contributed by atoms with Crippen LogP contribution in [0.2, 0.25) is 0 Å². The van der Waals surface area contributed by atoms with Gasteiger partial charge in [0.05, 0.1) is 5.60 Å². The lowest BCUT2D eigenvalue weighted by atomic mass is 9.50. The predicted molar refractivity (Wildman–Crippen MR) is 157 cm³/mol. The fraction of sp³-hybridized carbons (Fsp3) is 0.824. The Hall–Kier alpha value is -1.48. The first-order valence-corrected chi connectivity index (χ1v) is 16.4. The summed E-state index contributed by atoms with van der Waals surface area (Å²) < 4.78 is 78.8. The largest absolute Gasteiger partial charge is 0.508 e. The van der Waals surface area contributed by atoms with Gasteiger partial charge in [-0.3, -0.25) is 0 Å². The number of aromatic hydroxyl groups is 1. The van der Waals surface area contributed by atoms with E-state index in [9.17, 15) is 32.2 Å². The van der Waals surface area contributed by atoms with Crippen LogP contribution < -0.4 is 0 Å². The molecule has 0 aromatic heterocycles. The number of hydrogen-bond acceptors (Lipinski definition) is 3. The average Bonchev–Trinajstić information content (AvgIpc) is 3.14. The molecule has 0 heterocycles. The second-order valence-corrected chi connectivity index (χ2v) is 14.4. The monoisotopic (exact) mass is 619 g/mol. The molecule has 0 radical (unpaired) electrons. The fourth-order valence-corrected chi connectivity index (χ4v) is 8.76. The van der Waals surface area contributed by atoms with Gasteiger partial charge in [-0.05, 0) is 119 Å². The molecule has 9 heteroatoms. The van der Waals surface area contributed by atoms with Crippen LogP contribution in [0.15, 0.2) is 18.2 Å². The molecule has 0 aliphatic heterocycles. The van der Waals surface area contributed by atoms with Gasteiger partial charge in [0.25, 0.3) is 0 Å². The summed E-state index contributed by atoms with van der Waals surface area (Å²) in [5.74, 6) is -3.79. The Morgan fingerprint density at radius 2 is 1.56 bits per heavy atom. The molecule has 0 unspecified atom stereocenters. The smallest absolute Gasteiger partial charge is 0.453 e. The van der Waals surface area contributed by atoms with Gasteiger partial charge in [0.2, 0.25) is 0 Å². The van der Waals surface area contributed by atoms with Crippen molar-refractivity contribution in [2.24, 2.45) is 23.2 Å². The molecule has 3 aliphatic carbocycles. The molecule has 4 rings (SSSR count). The van der Waals surface area contributed by atoms with Crippen LogP contribution >= 0.6 is 0 Å². The normalized spacial score (nSPS) is 32.5. The number of unbranched alkanes of at least 4 members (excludes halogenated alkanes) is 6. The van der Waals surface area contributed by atoms with Crippen molar-refractivity contribution in [1.82, 2.24) is 4.90 Å². The zero-order valence-corrected chi connectivity index (χ0v) is 26.0. The highest BCUT2D eigenvalue weighted by atomic mass is 19.4. The lowest BCUT2D eigenvalue weighted by molar-refractivity contribution is -0.284. The molecule has 1 aromatic rings. The third-order valence-electron chi connectivity index (χ3n) is 11.5. The Kier molecular flexibility index (Phi) is 10.8. The maximum Gasteiger partial charge on any atom is 0.453 e. The number of halogens is 6. The van der Waals surface area contributed by atoms with Crippen molar-refractivity contribution in [3.8, 4) is 5.75 Å². The summed E-state index contributed by atoms with van der Waals surface area (Å²) in [5.41, 5.74) is 0.813. The molecular weight excluding hydrogens is 568 g/mol. The Morgan fingerprint density at radius 1 is 0.930 bits per heavy atom. The summed E-state index contributed by atoms with van der Waals surface area (Å²) in [6.45, 7) is 5.78. The van der Waals surface area contributed by atoms with Gasteiger partial charge in [-0.25, -0.2) is 4.39 Å². The molecule has 43 heavy (non-hydrogen) atoms. The van der Waals surface area contributed by atoms with Gasteiger partial charge in [0, 0.05) is 17.8 Å². The quantitative estimate of drug-likeness (QED) is 0.161. The maximum absolute atomic E-state index is 16.1. The van der Waals surface area contributed by atoms with E-state index in [-0.39, 0.29) is 29.9 Å². The second kappa shape index (κ2) is 13.5. The van der Waals surface area contributed by atoms with Gasteiger partial charge >= 0.3 is 12.1 Å². The number of phenols is 1. The molecule has 0 saturated heterocycles. The van der Waals surface area contributed by atoms with Crippen molar-refractivity contribution in [3.63, 3.8) is 0 Å². The van der Waals surface area contributed by atoms with E-state index in [0.717, 1.165) is 75.6 Å². The molecule has 0 bridgehead atoms. The average molecular weight is 620 g/mol. The summed E-state index contributed by atoms with van der Waals surface area (Å²) in [7, 11) is 2.05. The van der Waals surface area contributed by atoms with Crippen LogP contribution in [-0.2, 0) is 6.42 Å². The fourth-order valence-electron chi connectivity index (χ4n) is 8.76. The number of rotatable bonds is 14. The van der Waals surface area contributed by atoms with Crippen LogP contribution in [0, 0.1) is 23.2 Å². The molecule has 7 atom stereocenters. The van der Waals surface area contributed by atoms with E-state index in [2.05, 4.69) is 18.9 Å². The molecule has 0 spiro atoms. The summed E-state index contributed by atoms with van der Waals surface area (Å²) >= 11 is 0. The number of phenolic OH excluding ortho intramolecular Hbond substituents is 1. The number of alkyl halides is 6. The van der Waals surface area contributed by atoms with Gasteiger partial charge in [-0.2, -0.15) is 22.0 Å². The van der Waals surface area contributed by atoms with E-state index in [1.54, 1.807) is 6.07 Å². The highest BCUT2D eigenvalue weighted by molar-refractivity contribution is 5.41. The molecule has 1 aromatic carbocycles. The van der Waals surface area contributed by atoms with Gasteiger partial charge in [-0.15, -0.1) is 0 Å². The zero-order chi connectivity index (χ0) is 31.6. The molecule has 2 saturated carbocycles. The van der Waals surface area contributed by atoms with E-state index in [1.165, 1.54) is 0 Å². The van der Waals surface area contributed by atoms with E-state index in [4.69, 9.17) is 0 Å². The van der Waals surface area contributed by atoms with E-state index >= 15 is 4.39 Å². The van der Waals surface area contributed by atoms with Gasteiger partial charge in [0.15, 0.2) is 0 Å². The highest BCUT2D eigenvalue weighted by Gasteiger charge is 2.63.